The lowest BCUT2D eigenvalue weighted by molar-refractivity contribution is 0.00877. The van der Waals surface area contributed by atoms with Gasteiger partial charge < -0.3 is 31.9 Å². The van der Waals surface area contributed by atoms with Gasteiger partial charge in [0.2, 0.25) is 11.2 Å². The second kappa shape index (κ2) is 9.32. The number of halogens is 3. The Morgan fingerprint density at radius 3 is 1.69 bits per heavy atom. The van der Waals surface area contributed by atoms with Gasteiger partial charge in [-0.05, 0) is 25.4 Å². The Balaban J connectivity index is 0.000000171. The molecule has 0 saturated carbocycles. The molecule has 0 atom stereocenters. The summed E-state index contributed by atoms with van der Waals surface area (Å²) in [5, 5.41) is 35.6. The van der Waals surface area contributed by atoms with E-state index < -0.39 is 5.60 Å². The number of nitrogens with two attached hydrogens (primary N) is 2. The van der Waals surface area contributed by atoms with Crippen LogP contribution >= 0.6 is 34.8 Å². The van der Waals surface area contributed by atoms with Crippen LogP contribution in [0.3, 0.4) is 0 Å². The molecule has 0 unspecified atom stereocenters. The van der Waals surface area contributed by atoms with E-state index in [4.69, 9.17) is 51.4 Å². The maximum Gasteiger partial charge on any atom is 0.247 e. The molecule has 12 nitrogen and oxygen atoms in total. The fourth-order valence-corrected chi connectivity index (χ4v) is 2.45. The molecule has 0 radical (unpaired) electrons. The van der Waals surface area contributed by atoms with Gasteiger partial charge in [0.1, 0.15) is 0 Å². The van der Waals surface area contributed by atoms with Crippen molar-refractivity contribution in [1.82, 2.24) is 35.7 Å². The summed E-state index contributed by atoms with van der Waals surface area (Å²) in [6.07, 6.45) is 0. The Kier molecular flexibility index (Phi) is 7.54. The van der Waals surface area contributed by atoms with Crippen molar-refractivity contribution in [2.24, 2.45) is 0 Å². The largest absolute Gasteiger partial charge is 0.388 e. The van der Waals surface area contributed by atoms with Crippen molar-refractivity contribution in [2.75, 3.05) is 42.5 Å². The normalized spacial score (nSPS) is 18.2. The molecule has 2 aliphatic heterocycles. The third-order valence-electron chi connectivity index (χ3n) is 3.66. The van der Waals surface area contributed by atoms with Gasteiger partial charge in [0.15, 0.2) is 21.9 Å². The van der Waals surface area contributed by atoms with Crippen LogP contribution in [-0.2, 0) is 0 Å². The molecule has 2 saturated heterocycles. The molecule has 0 bridgehead atoms. The number of aromatic nitrogens is 6. The number of anilines is 3. The van der Waals surface area contributed by atoms with E-state index in [0.29, 0.717) is 19.0 Å². The predicted molar refractivity (Wildman–Crippen MR) is 110 cm³/mol. The van der Waals surface area contributed by atoms with Gasteiger partial charge in [-0.15, -0.1) is 20.4 Å². The lowest BCUT2D eigenvalue weighted by Crippen LogP contribution is -2.60. The highest BCUT2D eigenvalue weighted by Crippen LogP contribution is 2.25. The van der Waals surface area contributed by atoms with Gasteiger partial charge in [-0.1, -0.05) is 23.2 Å². The second-order valence-corrected chi connectivity index (χ2v) is 8.05. The highest BCUT2D eigenvalue weighted by atomic mass is 35.5. The van der Waals surface area contributed by atoms with Gasteiger partial charge in [-0.2, -0.15) is 9.97 Å². The van der Waals surface area contributed by atoms with E-state index in [9.17, 15) is 5.11 Å². The van der Waals surface area contributed by atoms with Crippen LogP contribution in [0.15, 0.2) is 0 Å². The average molecular weight is 468 g/mol. The van der Waals surface area contributed by atoms with E-state index in [2.05, 4.69) is 35.7 Å². The van der Waals surface area contributed by atoms with Crippen molar-refractivity contribution in [3.63, 3.8) is 0 Å². The van der Waals surface area contributed by atoms with Crippen LogP contribution in [-0.4, -0.2) is 78.0 Å². The van der Waals surface area contributed by atoms with Crippen LogP contribution in [0.4, 0.5) is 17.6 Å². The van der Waals surface area contributed by atoms with Crippen LogP contribution in [0.25, 0.3) is 0 Å². The zero-order valence-corrected chi connectivity index (χ0v) is 17.9. The minimum Gasteiger partial charge on any atom is -0.388 e. The molecule has 0 spiro atoms. The molecule has 2 aliphatic rings. The Morgan fingerprint density at radius 1 is 0.862 bits per heavy atom. The van der Waals surface area contributed by atoms with Crippen molar-refractivity contribution in [2.45, 2.75) is 25.0 Å². The summed E-state index contributed by atoms with van der Waals surface area (Å²) < 4.78 is 0. The predicted octanol–water partition coefficient (Wildman–Crippen LogP) is -0.221. The van der Waals surface area contributed by atoms with Gasteiger partial charge >= 0.3 is 0 Å². The fourth-order valence-electron chi connectivity index (χ4n) is 2.16. The molecule has 0 aromatic carbocycles. The van der Waals surface area contributed by atoms with Crippen LogP contribution in [0.2, 0.25) is 15.6 Å². The van der Waals surface area contributed by atoms with Gasteiger partial charge in [-0.25, -0.2) is 0 Å². The number of aliphatic hydroxyl groups is 2. The number of rotatable bonds is 1. The zero-order chi connectivity index (χ0) is 21.8. The summed E-state index contributed by atoms with van der Waals surface area (Å²) in [6.45, 7) is 6.05. The molecule has 4 heterocycles. The molecule has 15 heteroatoms. The average Bonchev–Trinajstić information content (AvgIpc) is 2.59. The van der Waals surface area contributed by atoms with Gasteiger partial charge in [0, 0.05) is 13.1 Å². The quantitative estimate of drug-likeness (QED) is 0.372. The van der Waals surface area contributed by atoms with Gasteiger partial charge in [0.05, 0.1) is 24.3 Å². The summed E-state index contributed by atoms with van der Waals surface area (Å²) in [7, 11) is 0. The molecule has 4 rings (SSSR count). The van der Waals surface area contributed by atoms with E-state index >= 15 is 0 Å². The van der Waals surface area contributed by atoms with Crippen LogP contribution in [0, 0.1) is 0 Å². The van der Waals surface area contributed by atoms with Crippen molar-refractivity contribution >= 4 is 52.4 Å². The van der Waals surface area contributed by atoms with E-state index in [-0.39, 0.29) is 32.8 Å². The first-order valence-corrected chi connectivity index (χ1v) is 9.39. The number of nitrogen functional groups attached to an aromatic ring is 2. The number of nitrogens with one attached hydrogen (secondary N) is 1. The van der Waals surface area contributed by atoms with Gasteiger partial charge in [-0.3, -0.25) is 0 Å². The summed E-state index contributed by atoms with van der Waals surface area (Å²) in [6, 6.07) is 0. The molecular weight excluding hydrogens is 447 g/mol. The van der Waals surface area contributed by atoms with Crippen molar-refractivity contribution in [3.8, 4) is 0 Å². The van der Waals surface area contributed by atoms with Crippen LogP contribution in [0.5, 0.6) is 0 Å². The van der Waals surface area contributed by atoms with E-state index in [1.807, 2.05) is 6.92 Å². The summed E-state index contributed by atoms with van der Waals surface area (Å²) in [5.41, 5.74) is 9.60. The Hall–Kier alpha value is -1.83. The lowest BCUT2D eigenvalue weighted by atomic mass is 9.98. The molecule has 2 fully saturated rings. The Labute approximate surface area is 181 Å². The van der Waals surface area contributed by atoms with Crippen molar-refractivity contribution in [1.29, 1.82) is 0 Å². The standard InChI is InChI=1S/C7H10ClN5O.C4H9NO.C3H2Cl2N4/c1-7(14)2-13(3-7)6-10-5(9)4(8)11-12-6;1-4(6)2-5-3-4;4-1-2(6)7-3(5)9-8-1/h14H,2-3H2,1H3,(H2,9,10,12);5-6H,2-3H2,1H3;(H2,6,7,9). The first-order chi connectivity index (χ1) is 13.4. The lowest BCUT2D eigenvalue weighted by Gasteiger charge is -2.43. The minimum atomic E-state index is -0.669. The van der Waals surface area contributed by atoms with E-state index in [1.54, 1.807) is 11.8 Å². The maximum atomic E-state index is 9.49. The molecule has 7 N–H and O–H groups in total. The highest BCUT2D eigenvalue weighted by molar-refractivity contribution is 6.32. The molecule has 160 valence electrons. The van der Waals surface area contributed by atoms with Crippen molar-refractivity contribution < 1.29 is 10.2 Å². The summed E-state index contributed by atoms with van der Waals surface area (Å²) in [4.78, 5) is 9.24. The molecular formula is C14H21Cl3N10O2. The third-order valence-corrected chi connectivity index (χ3v) is 4.36. The third kappa shape index (κ3) is 7.17. The topological polar surface area (TPSA) is 185 Å². The molecule has 0 aliphatic carbocycles. The first kappa shape index (κ1) is 23.4. The number of hydrogen-bond acceptors (Lipinski definition) is 12. The SMILES string of the molecule is CC1(O)CN(c2nnc(Cl)c(N)n2)C1.CC1(O)CNC1.Nc1nc(Cl)nnc1Cl. The molecule has 2 aromatic rings. The van der Waals surface area contributed by atoms with Gasteiger partial charge in [0.25, 0.3) is 0 Å². The first-order valence-electron chi connectivity index (χ1n) is 8.26. The smallest absolute Gasteiger partial charge is 0.247 e. The van der Waals surface area contributed by atoms with E-state index in [1.165, 1.54) is 0 Å². The molecule has 2 aromatic heterocycles. The Morgan fingerprint density at radius 2 is 1.34 bits per heavy atom. The van der Waals surface area contributed by atoms with Crippen molar-refractivity contribution in [3.05, 3.63) is 15.6 Å². The number of β-amino-alcohol motifs (C(OH)–C–C–N with tert-alkyl or cyclic N) is 2. The fraction of sp³-hybridized carbons (Fsp3) is 0.571. The zero-order valence-electron chi connectivity index (χ0n) is 15.6. The number of hydrogen-bond donors (Lipinski definition) is 5. The minimum absolute atomic E-state index is 0.00287. The highest BCUT2D eigenvalue weighted by Gasteiger charge is 2.38. The van der Waals surface area contributed by atoms with Crippen LogP contribution in [0.1, 0.15) is 13.8 Å². The molecule has 0 amide bonds. The van der Waals surface area contributed by atoms with Crippen LogP contribution < -0.4 is 21.7 Å². The number of nitrogens with zero attached hydrogens (tertiary/aromatic N) is 7. The maximum absolute atomic E-state index is 9.49. The second-order valence-electron chi connectivity index (χ2n) is 7.00. The van der Waals surface area contributed by atoms with E-state index in [0.717, 1.165) is 13.1 Å². The summed E-state index contributed by atoms with van der Waals surface area (Å²) in [5.74, 6) is 0.651. The molecule has 29 heavy (non-hydrogen) atoms. The Bertz CT molecular complexity index is 840. The summed E-state index contributed by atoms with van der Waals surface area (Å²) >= 11 is 16.2. The monoisotopic (exact) mass is 466 g/mol.